The molecule has 0 radical (unpaired) electrons. The van der Waals surface area contributed by atoms with Crippen LogP contribution in [0.2, 0.25) is 10.0 Å². The second-order valence-corrected chi connectivity index (χ2v) is 5.38. The molecule has 0 saturated carbocycles. The number of hydrogen-bond acceptors (Lipinski definition) is 3. The Morgan fingerprint density at radius 3 is 2.48 bits per heavy atom. The van der Waals surface area contributed by atoms with E-state index in [2.05, 4.69) is 10.6 Å². The van der Waals surface area contributed by atoms with Crippen LogP contribution in [-0.4, -0.2) is 24.4 Å². The van der Waals surface area contributed by atoms with E-state index in [4.69, 9.17) is 28.9 Å². The van der Waals surface area contributed by atoms with Crippen molar-refractivity contribution in [2.45, 2.75) is 19.9 Å². The van der Waals surface area contributed by atoms with Crippen molar-refractivity contribution in [3.63, 3.8) is 0 Å². The molecular weight excluding hydrogens is 337 g/mol. The van der Waals surface area contributed by atoms with Crippen LogP contribution in [0.1, 0.15) is 13.8 Å². The average molecular weight is 355 g/mol. The van der Waals surface area contributed by atoms with E-state index in [0.29, 0.717) is 15.7 Å². The number of carbonyl (C=O) groups excluding carboxylic acids is 2. The topological polar surface area (TPSA) is 84.2 Å². The van der Waals surface area contributed by atoms with Crippen LogP contribution in [0.4, 0.5) is 5.69 Å². The highest BCUT2D eigenvalue weighted by Crippen LogP contribution is 2.25. The normalized spacial score (nSPS) is 12.8. The monoisotopic (exact) mass is 353 g/mol. The molecule has 0 aliphatic carbocycles. The van der Waals surface area contributed by atoms with Gasteiger partial charge in [-0.25, -0.2) is 0 Å². The zero-order valence-electron chi connectivity index (χ0n) is 11.7. The van der Waals surface area contributed by atoms with Crippen molar-refractivity contribution in [2.75, 3.05) is 11.9 Å². The number of carbonyl (C=O) groups is 2. The molecule has 4 N–H and O–H groups in total. The smallest absolute Gasteiger partial charge is 0.243 e. The predicted molar refractivity (Wildman–Crippen MR) is 88.2 cm³/mol. The van der Waals surface area contributed by atoms with Gasteiger partial charge in [-0.15, -0.1) is 12.4 Å². The number of nitrogens with two attached hydrogens (primary N) is 1. The molecule has 0 aliphatic heterocycles. The van der Waals surface area contributed by atoms with Gasteiger partial charge in [0, 0.05) is 17.0 Å². The van der Waals surface area contributed by atoms with Crippen molar-refractivity contribution in [1.29, 1.82) is 0 Å². The molecule has 0 heterocycles. The first-order chi connectivity index (χ1) is 9.31. The summed E-state index contributed by atoms with van der Waals surface area (Å²) in [5.41, 5.74) is 6.01. The molecule has 2 amide bonds. The summed E-state index contributed by atoms with van der Waals surface area (Å²) in [4.78, 5) is 23.4. The number of anilines is 1. The van der Waals surface area contributed by atoms with Crippen LogP contribution < -0.4 is 16.4 Å². The van der Waals surface area contributed by atoms with E-state index in [-0.39, 0.29) is 42.7 Å². The van der Waals surface area contributed by atoms with Gasteiger partial charge in [0.25, 0.3) is 0 Å². The molecule has 1 aromatic rings. The second kappa shape index (κ2) is 9.10. The van der Waals surface area contributed by atoms with Crippen molar-refractivity contribution < 1.29 is 9.59 Å². The van der Waals surface area contributed by atoms with Crippen molar-refractivity contribution >= 4 is 53.1 Å². The minimum absolute atomic E-state index is 0. The standard InChI is InChI=1S/C13H17Cl2N3O2.ClH/c1-7(8(2)16)13(20)17-6-12(19)18-11-5-9(14)3-4-10(11)15;/h3-5,7-8H,6,16H2,1-2H3,(H,17,20)(H,18,19);1H. The lowest BCUT2D eigenvalue weighted by Crippen LogP contribution is -2.41. The van der Waals surface area contributed by atoms with Crippen LogP contribution in [0.3, 0.4) is 0 Å². The van der Waals surface area contributed by atoms with E-state index in [1.54, 1.807) is 26.0 Å². The quantitative estimate of drug-likeness (QED) is 0.759. The summed E-state index contributed by atoms with van der Waals surface area (Å²) in [5, 5.41) is 5.91. The largest absolute Gasteiger partial charge is 0.347 e. The Bertz CT molecular complexity index is 509. The lowest BCUT2D eigenvalue weighted by atomic mass is 10.0. The van der Waals surface area contributed by atoms with E-state index < -0.39 is 0 Å². The van der Waals surface area contributed by atoms with Gasteiger partial charge in [-0.05, 0) is 25.1 Å². The third-order valence-corrected chi connectivity index (χ3v) is 3.39. The Balaban J connectivity index is 0.00000400. The van der Waals surface area contributed by atoms with E-state index in [1.807, 2.05) is 0 Å². The Hall–Kier alpha value is -1.01. The van der Waals surface area contributed by atoms with Gasteiger partial charge in [0.1, 0.15) is 0 Å². The molecular formula is C13H18Cl3N3O2. The van der Waals surface area contributed by atoms with Gasteiger partial charge in [-0.1, -0.05) is 30.1 Å². The predicted octanol–water partition coefficient (Wildman–Crippen LogP) is 2.45. The van der Waals surface area contributed by atoms with Gasteiger partial charge in [-0.3, -0.25) is 9.59 Å². The lowest BCUT2D eigenvalue weighted by molar-refractivity contribution is -0.127. The molecule has 118 valence electrons. The number of benzene rings is 1. The molecule has 2 unspecified atom stereocenters. The molecule has 21 heavy (non-hydrogen) atoms. The minimum atomic E-state index is -0.389. The molecule has 5 nitrogen and oxygen atoms in total. The number of amides is 2. The maximum absolute atomic E-state index is 11.7. The zero-order valence-corrected chi connectivity index (χ0v) is 14.0. The molecule has 8 heteroatoms. The highest BCUT2D eigenvalue weighted by atomic mass is 35.5. The summed E-state index contributed by atoms with van der Waals surface area (Å²) in [6.07, 6.45) is 0. The maximum atomic E-state index is 11.7. The third-order valence-electron chi connectivity index (χ3n) is 2.83. The molecule has 0 fully saturated rings. The van der Waals surface area contributed by atoms with Crippen molar-refractivity contribution in [2.24, 2.45) is 11.7 Å². The summed E-state index contributed by atoms with van der Waals surface area (Å²) < 4.78 is 0. The van der Waals surface area contributed by atoms with Crippen LogP contribution in [0.25, 0.3) is 0 Å². The zero-order chi connectivity index (χ0) is 15.3. The Morgan fingerprint density at radius 1 is 1.29 bits per heavy atom. The Morgan fingerprint density at radius 2 is 1.90 bits per heavy atom. The maximum Gasteiger partial charge on any atom is 0.243 e. The second-order valence-electron chi connectivity index (χ2n) is 4.54. The Labute approximate surface area is 140 Å². The number of hydrogen-bond donors (Lipinski definition) is 3. The summed E-state index contributed by atoms with van der Waals surface area (Å²) >= 11 is 11.7. The van der Waals surface area contributed by atoms with Crippen molar-refractivity contribution in [3.8, 4) is 0 Å². The van der Waals surface area contributed by atoms with Gasteiger partial charge >= 0.3 is 0 Å². The summed E-state index contributed by atoms with van der Waals surface area (Å²) in [6, 6.07) is 4.45. The summed E-state index contributed by atoms with van der Waals surface area (Å²) in [5.74, 6) is -1.02. The van der Waals surface area contributed by atoms with Gasteiger partial charge in [0.15, 0.2) is 0 Å². The number of rotatable bonds is 5. The fourth-order valence-electron chi connectivity index (χ4n) is 1.35. The van der Waals surface area contributed by atoms with E-state index >= 15 is 0 Å². The molecule has 0 saturated heterocycles. The third kappa shape index (κ3) is 6.52. The van der Waals surface area contributed by atoms with Gasteiger partial charge < -0.3 is 16.4 Å². The van der Waals surface area contributed by atoms with Gasteiger partial charge in [0.05, 0.1) is 17.3 Å². The van der Waals surface area contributed by atoms with E-state index in [0.717, 1.165) is 0 Å². The summed E-state index contributed by atoms with van der Waals surface area (Å²) in [7, 11) is 0. The average Bonchev–Trinajstić information content (AvgIpc) is 2.39. The highest BCUT2D eigenvalue weighted by molar-refractivity contribution is 6.35. The first kappa shape index (κ1) is 20.0. The fourth-order valence-corrected chi connectivity index (χ4v) is 1.69. The van der Waals surface area contributed by atoms with Crippen LogP contribution in [0.15, 0.2) is 18.2 Å². The molecule has 1 rings (SSSR count). The molecule has 0 aliphatic rings. The van der Waals surface area contributed by atoms with E-state index in [9.17, 15) is 9.59 Å². The molecule has 2 atom stereocenters. The minimum Gasteiger partial charge on any atom is -0.347 e. The molecule has 0 bridgehead atoms. The highest BCUT2D eigenvalue weighted by Gasteiger charge is 2.17. The van der Waals surface area contributed by atoms with Gasteiger partial charge in [0.2, 0.25) is 11.8 Å². The number of halogens is 3. The fraction of sp³-hybridized carbons (Fsp3) is 0.385. The van der Waals surface area contributed by atoms with Gasteiger partial charge in [-0.2, -0.15) is 0 Å². The van der Waals surface area contributed by atoms with Crippen LogP contribution in [0.5, 0.6) is 0 Å². The van der Waals surface area contributed by atoms with Crippen molar-refractivity contribution in [3.05, 3.63) is 28.2 Å². The Kier molecular flexibility index (Phi) is 8.66. The SMILES string of the molecule is CC(N)C(C)C(=O)NCC(=O)Nc1cc(Cl)ccc1Cl.Cl. The molecule has 1 aromatic carbocycles. The first-order valence-electron chi connectivity index (χ1n) is 6.09. The summed E-state index contributed by atoms with van der Waals surface area (Å²) in [6.45, 7) is 3.28. The lowest BCUT2D eigenvalue weighted by Gasteiger charge is -2.15. The first-order valence-corrected chi connectivity index (χ1v) is 6.85. The van der Waals surface area contributed by atoms with Crippen LogP contribution in [-0.2, 0) is 9.59 Å². The van der Waals surface area contributed by atoms with Crippen molar-refractivity contribution in [1.82, 2.24) is 5.32 Å². The molecule has 0 spiro atoms. The van der Waals surface area contributed by atoms with Crippen LogP contribution >= 0.6 is 35.6 Å². The van der Waals surface area contributed by atoms with Crippen LogP contribution in [0, 0.1) is 5.92 Å². The number of nitrogens with one attached hydrogen (secondary N) is 2. The van der Waals surface area contributed by atoms with E-state index in [1.165, 1.54) is 6.07 Å². The molecule has 0 aromatic heterocycles.